The highest BCUT2D eigenvalue weighted by molar-refractivity contribution is 5.71. The summed E-state index contributed by atoms with van der Waals surface area (Å²) in [6.45, 7) is 4.45. The number of halogens is 3. The zero-order valence-electron chi connectivity index (χ0n) is 17.3. The minimum Gasteiger partial charge on any atom is -0.496 e. The number of nitrogens with zero attached hydrogens (tertiary/aromatic N) is 2. The number of hydrogen-bond donors (Lipinski definition) is 1. The molecule has 0 aliphatic rings. The number of hydrogen-bond acceptors (Lipinski definition) is 5. The van der Waals surface area contributed by atoms with Crippen molar-refractivity contribution in [3.8, 4) is 22.9 Å². The van der Waals surface area contributed by atoms with Crippen molar-refractivity contribution in [3.63, 3.8) is 0 Å². The summed E-state index contributed by atoms with van der Waals surface area (Å²) in [4.78, 5) is 9.01. The summed E-state index contributed by atoms with van der Waals surface area (Å²) >= 11 is 0. The SMILES string of the molecule is CCCCCCCOc1nc(C)c(-c2ccc(C(F)(F)F)cc2OC)nc1NC. The predicted molar refractivity (Wildman–Crippen MR) is 108 cm³/mol. The summed E-state index contributed by atoms with van der Waals surface area (Å²) in [6.07, 6.45) is 1.15. The molecule has 1 aromatic carbocycles. The molecule has 1 N–H and O–H groups in total. The van der Waals surface area contributed by atoms with Gasteiger partial charge in [-0.15, -0.1) is 0 Å². The number of aromatic nitrogens is 2. The van der Waals surface area contributed by atoms with Gasteiger partial charge in [0.25, 0.3) is 5.88 Å². The molecule has 0 saturated carbocycles. The number of ether oxygens (including phenoxy) is 2. The first-order valence-electron chi connectivity index (χ1n) is 9.76. The zero-order chi connectivity index (χ0) is 21.4. The normalized spacial score (nSPS) is 11.4. The molecule has 0 unspecified atom stereocenters. The third-order valence-corrected chi connectivity index (χ3v) is 4.55. The van der Waals surface area contributed by atoms with Crippen LogP contribution in [0.1, 0.15) is 50.3 Å². The van der Waals surface area contributed by atoms with Gasteiger partial charge >= 0.3 is 6.18 Å². The summed E-state index contributed by atoms with van der Waals surface area (Å²) in [5, 5.41) is 2.95. The van der Waals surface area contributed by atoms with Gasteiger partial charge in [0.2, 0.25) is 0 Å². The molecule has 2 rings (SSSR count). The van der Waals surface area contributed by atoms with Crippen LogP contribution in [0.25, 0.3) is 11.3 Å². The lowest BCUT2D eigenvalue weighted by Gasteiger charge is -2.16. The molecule has 0 amide bonds. The van der Waals surface area contributed by atoms with Crippen molar-refractivity contribution in [2.75, 3.05) is 26.1 Å². The second-order valence-corrected chi connectivity index (χ2v) is 6.74. The Morgan fingerprint density at radius 2 is 1.79 bits per heavy atom. The van der Waals surface area contributed by atoms with Gasteiger partial charge in [0.15, 0.2) is 5.82 Å². The lowest BCUT2D eigenvalue weighted by molar-refractivity contribution is -0.137. The molecule has 2 aromatic rings. The largest absolute Gasteiger partial charge is 0.496 e. The summed E-state index contributed by atoms with van der Waals surface area (Å²) in [7, 11) is 3.03. The van der Waals surface area contributed by atoms with E-state index in [9.17, 15) is 13.2 Å². The average molecular weight is 411 g/mol. The fourth-order valence-corrected chi connectivity index (χ4v) is 2.95. The Morgan fingerprint density at radius 1 is 1.07 bits per heavy atom. The number of nitrogens with one attached hydrogen (secondary N) is 1. The van der Waals surface area contributed by atoms with Crippen LogP contribution in [0.5, 0.6) is 11.6 Å². The molecule has 0 saturated heterocycles. The van der Waals surface area contributed by atoms with Gasteiger partial charge in [0, 0.05) is 12.6 Å². The monoisotopic (exact) mass is 411 g/mol. The predicted octanol–water partition coefficient (Wildman–Crippen LogP) is 5.87. The van der Waals surface area contributed by atoms with E-state index in [0.29, 0.717) is 35.3 Å². The molecule has 29 heavy (non-hydrogen) atoms. The van der Waals surface area contributed by atoms with E-state index in [2.05, 4.69) is 22.2 Å². The molecule has 0 spiro atoms. The highest BCUT2D eigenvalue weighted by Crippen LogP contribution is 2.38. The Morgan fingerprint density at radius 3 is 2.41 bits per heavy atom. The first-order chi connectivity index (χ1) is 13.8. The van der Waals surface area contributed by atoms with Crippen LogP contribution in [-0.2, 0) is 6.18 Å². The van der Waals surface area contributed by atoms with E-state index in [1.54, 1.807) is 14.0 Å². The molecule has 1 aromatic heterocycles. The fourth-order valence-electron chi connectivity index (χ4n) is 2.95. The van der Waals surface area contributed by atoms with Crippen molar-refractivity contribution in [1.29, 1.82) is 0 Å². The van der Waals surface area contributed by atoms with Crippen molar-refractivity contribution in [2.24, 2.45) is 0 Å². The van der Waals surface area contributed by atoms with Crippen molar-refractivity contribution in [1.82, 2.24) is 9.97 Å². The first-order valence-corrected chi connectivity index (χ1v) is 9.76. The maximum absolute atomic E-state index is 13.0. The average Bonchev–Trinajstić information content (AvgIpc) is 2.69. The molecule has 8 heteroatoms. The number of unbranched alkanes of at least 4 members (excludes halogenated alkanes) is 4. The van der Waals surface area contributed by atoms with E-state index in [1.165, 1.54) is 32.4 Å². The third-order valence-electron chi connectivity index (χ3n) is 4.55. The Bertz CT molecular complexity index is 810. The number of rotatable bonds is 10. The number of alkyl halides is 3. The Labute approximate surface area is 169 Å². The molecule has 0 radical (unpaired) electrons. The van der Waals surface area contributed by atoms with Crippen molar-refractivity contribution in [2.45, 2.75) is 52.1 Å². The highest BCUT2D eigenvalue weighted by Gasteiger charge is 2.31. The van der Waals surface area contributed by atoms with Crippen LogP contribution >= 0.6 is 0 Å². The number of anilines is 1. The molecular weight excluding hydrogens is 383 g/mol. The van der Waals surface area contributed by atoms with Gasteiger partial charge in [-0.05, 0) is 31.5 Å². The Hall–Kier alpha value is -2.51. The number of benzene rings is 1. The van der Waals surface area contributed by atoms with Crippen LogP contribution in [-0.4, -0.2) is 30.7 Å². The van der Waals surface area contributed by atoms with E-state index in [1.807, 2.05) is 0 Å². The van der Waals surface area contributed by atoms with Crippen LogP contribution in [0, 0.1) is 6.92 Å². The maximum atomic E-state index is 13.0. The van der Waals surface area contributed by atoms with Gasteiger partial charge in [-0.1, -0.05) is 32.6 Å². The molecule has 0 aliphatic heterocycles. The van der Waals surface area contributed by atoms with Gasteiger partial charge < -0.3 is 14.8 Å². The molecule has 0 aliphatic carbocycles. The van der Waals surface area contributed by atoms with Gasteiger partial charge in [-0.25, -0.2) is 9.97 Å². The summed E-state index contributed by atoms with van der Waals surface area (Å²) in [5.41, 5.74) is 0.645. The summed E-state index contributed by atoms with van der Waals surface area (Å²) in [6, 6.07) is 3.33. The first kappa shape index (κ1) is 22.8. The maximum Gasteiger partial charge on any atom is 0.416 e. The summed E-state index contributed by atoms with van der Waals surface area (Å²) in [5.74, 6) is 0.903. The van der Waals surface area contributed by atoms with Gasteiger partial charge in [0.1, 0.15) is 5.75 Å². The minimum atomic E-state index is -4.45. The number of aryl methyl sites for hydroxylation is 1. The van der Waals surface area contributed by atoms with Crippen LogP contribution in [0.15, 0.2) is 18.2 Å². The Kier molecular flexibility index (Phi) is 8.10. The van der Waals surface area contributed by atoms with Crippen LogP contribution < -0.4 is 14.8 Å². The van der Waals surface area contributed by atoms with Crippen LogP contribution in [0.3, 0.4) is 0 Å². The zero-order valence-corrected chi connectivity index (χ0v) is 17.3. The third kappa shape index (κ3) is 5.98. The lowest BCUT2D eigenvalue weighted by Crippen LogP contribution is -2.08. The lowest BCUT2D eigenvalue weighted by atomic mass is 10.1. The van der Waals surface area contributed by atoms with E-state index in [-0.39, 0.29) is 5.75 Å². The van der Waals surface area contributed by atoms with Gasteiger partial charge in [-0.2, -0.15) is 13.2 Å². The molecule has 0 fully saturated rings. The minimum absolute atomic E-state index is 0.0869. The van der Waals surface area contributed by atoms with Crippen molar-refractivity contribution < 1.29 is 22.6 Å². The number of methoxy groups -OCH3 is 1. The van der Waals surface area contributed by atoms with E-state index >= 15 is 0 Å². The van der Waals surface area contributed by atoms with Crippen LogP contribution in [0.4, 0.5) is 19.0 Å². The second kappa shape index (κ2) is 10.3. The standard InChI is InChI=1S/C21H28F3N3O2/c1-5-6-7-8-9-12-29-20-19(25-3)27-18(14(2)26-20)16-11-10-15(21(22,23)24)13-17(16)28-4/h10-11,13H,5-9,12H2,1-4H3,(H,25,27). The molecule has 0 bridgehead atoms. The molecule has 5 nitrogen and oxygen atoms in total. The van der Waals surface area contributed by atoms with E-state index < -0.39 is 11.7 Å². The van der Waals surface area contributed by atoms with Crippen molar-refractivity contribution in [3.05, 3.63) is 29.5 Å². The second-order valence-electron chi connectivity index (χ2n) is 6.74. The smallest absolute Gasteiger partial charge is 0.416 e. The van der Waals surface area contributed by atoms with Gasteiger partial charge in [-0.3, -0.25) is 0 Å². The molecule has 0 atom stereocenters. The van der Waals surface area contributed by atoms with Crippen molar-refractivity contribution >= 4 is 5.82 Å². The fraction of sp³-hybridized carbons (Fsp3) is 0.524. The Balaban J connectivity index is 2.26. The quantitative estimate of drug-likeness (QED) is 0.496. The molecule has 1 heterocycles. The topological polar surface area (TPSA) is 56.3 Å². The van der Waals surface area contributed by atoms with Gasteiger partial charge in [0.05, 0.1) is 30.7 Å². The highest BCUT2D eigenvalue weighted by atomic mass is 19.4. The molecular formula is C21H28F3N3O2. The van der Waals surface area contributed by atoms with E-state index in [0.717, 1.165) is 25.0 Å². The molecule has 160 valence electrons. The van der Waals surface area contributed by atoms with E-state index in [4.69, 9.17) is 9.47 Å². The summed E-state index contributed by atoms with van der Waals surface area (Å²) < 4.78 is 50.0. The van der Waals surface area contributed by atoms with Crippen LogP contribution in [0.2, 0.25) is 0 Å².